The molecule has 1 aromatic carbocycles. The number of nitrogens with two attached hydrogens (primary N) is 1. The summed E-state index contributed by atoms with van der Waals surface area (Å²) in [5.41, 5.74) is 5.16. The molecule has 1 aliphatic rings. The molecule has 2 rings (SSSR count). The van der Waals surface area contributed by atoms with Crippen LogP contribution in [0.25, 0.3) is 0 Å². The molecule has 0 spiro atoms. The van der Waals surface area contributed by atoms with Crippen molar-refractivity contribution in [3.05, 3.63) is 23.8 Å². The van der Waals surface area contributed by atoms with Gasteiger partial charge in [0.05, 0.1) is 0 Å². The van der Waals surface area contributed by atoms with E-state index in [0.717, 1.165) is 16.4 Å². The zero-order valence-corrected chi connectivity index (χ0v) is 12.8. The van der Waals surface area contributed by atoms with Gasteiger partial charge in [-0.3, -0.25) is 0 Å². The molecule has 0 bridgehead atoms. The lowest BCUT2D eigenvalue weighted by molar-refractivity contribution is 0.336. The van der Waals surface area contributed by atoms with Crippen LogP contribution in [0.15, 0.2) is 17.0 Å². The van der Waals surface area contributed by atoms with Crippen LogP contribution >= 0.6 is 11.8 Å². The van der Waals surface area contributed by atoms with Crippen LogP contribution in [0.2, 0.25) is 0 Å². The van der Waals surface area contributed by atoms with Gasteiger partial charge in [-0.15, -0.1) is 0 Å². The number of nitrogens with zero attached hydrogens (tertiary/aromatic N) is 1. The summed E-state index contributed by atoms with van der Waals surface area (Å²) in [5.74, 6) is -1.70. The van der Waals surface area contributed by atoms with Crippen molar-refractivity contribution in [1.29, 1.82) is 0 Å². The highest BCUT2D eigenvalue weighted by atomic mass is 32.2. The fraction of sp³-hybridized carbons (Fsp3) is 0.500. The van der Waals surface area contributed by atoms with Gasteiger partial charge in [0.1, 0.15) is 11.6 Å². The minimum Gasteiger partial charge on any atom is -0.399 e. The van der Waals surface area contributed by atoms with Crippen molar-refractivity contribution in [2.24, 2.45) is 0 Å². The van der Waals surface area contributed by atoms with Crippen molar-refractivity contribution in [2.75, 3.05) is 18.0 Å². The Morgan fingerprint density at radius 3 is 2.40 bits per heavy atom. The van der Waals surface area contributed by atoms with Crippen LogP contribution in [0.5, 0.6) is 0 Å². The summed E-state index contributed by atoms with van der Waals surface area (Å²) in [6.45, 7) is 3.87. The average molecular weight is 322 g/mol. The summed E-state index contributed by atoms with van der Waals surface area (Å²) in [6, 6.07) is 1.32. The lowest BCUT2D eigenvalue weighted by Crippen LogP contribution is -2.48. The molecule has 2 N–H and O–H groups in total. The third-order valence-corrected chi connectivity index (χ3v) is 6.79. The predicted octanol–water partition coefficient (Wildman–Crippen LogP) is 2.06. The number of sulfonamides is 1. The molecule has 1 heterocycles. The van der Waals surface area contributed by atoms with Crippen LogP contribution < -0.4 is 5.73 Å². The molecule has 1 aromatic rings. The number of hydrogen-bond acceptors (Lipinski definition) is 4. The van der Waals surface area contributed by atoms with E-state index in [-0.39, 0.29) is 23.5 Å². The molecular formula is C12H16F2N2O2S2. The second-order valence-electron chi connectivity index (χ2n) is 4.75. The van der Waals surface area contributed by atoms with Gasteiger partial charge in [-0.05, 0) is 19.1 Å². The maximum Gasteiger partial charge on any atom is 0.249 e. The Hall–Kier alpha value is -0.860. The zero-order valence-electron chi connectivity index (χ0n) is 11.1. The molecule has 1 aliphatic heterocycles. The number of hydrogen-bond donors (Lipinski definition) is 1. The Bertz CT molecular complexity index is 599. The fourth-order valence-corrected chi connectivity index (χ4v) is 5.28. The highest BCUT2D eigenvalue weighted by Crippen LogP contribution is 2.32. The third-order valence-electron chi connectivity index (χ3n) is 3.41. The molecule has 2 unspecified atom stereocenters. The van der Waals surface area contributed by atoms with Crippen molar-refractivity contribution in [2.45, 2.75) is 30.0 Å². The van der Waals surface area contributed by atoms with Gasteiger partial charge in [0, 0.05) is 29.3 Å². The Labute approximate surface area is 121 Å². The monoisotopic (exact) mass is 322 g/mol. The maximum absolute atomic E-state index is 13.9. The number of nitrogen functional groups attached to an aromatic ring is 1. The van der Waals surface area contributed by atoms with Gasteiger partial charge in [0.15, 0.2) is 4.90 Å². The first-order valence-corrected chi connectivity index (χ1v) is 8.62. The SMILES string of the molecule is CC1SCCN(S(=O)(=O)c2c(F)cc(N)cc2F)C1C. The number of anilines is 1. The number of thioether (sulfide) groups is 1. The molecule has 20 heavy (non-hydrogen) atoms. The van der Waals surface area contributed by atoms with Crippen molar-refractivity contribution >= 4 is 27.5 Å². The first-order valence-electron chi connectivity index (χ1n) is 6.13. The zero-order chi connectivity index (χ0) is 15.1. The number of halogens is 2. The highest BCUT2D eigenvalue weighted by molar-refractivity contribution is 8.00. The molecule has 0 aliphatic carbocycles. The molecule has 0 aromatic heterocycles. The third kappa shape index (κ3) is 2.64. The topological polar surface area (TPSA) is 63.4 Å². The lowest BCUT2D eigenvalue weighted by Gasteiger charge is -2.36. The van der Waals surface area contributed by atoms with Crippen molar-refractivity contribution in [3.8, 4) is 0 Å². The van der Waals surface area contributed by atoms with E-state index >= 15 is 0 Å². The normalized spacial score (nSPS) is 24.8. The van der Waals surface area contributed by atoms with Crippen molar-refractivity contribution in [3.63, 3.8) is 0 Å². The Kier molecular flexibility index (Phi) is 4.27. The summed E-state index contributed by atoms with van der Waals surface area (Å²) >= 11 is 1.64. The fourth-order valence-electron chi connectivity index (χ4n) is 2.19. The van der Waals surface area contributed by atoms with Crippen molar-refractivity contribution in [1.82, 2.24) is 4.31 Å². The van der Waals surface area contributed by atoms with E-state index < -0.39 is 26.6 Å². The van der Waals surface area contributed by atoms with Gasteiger partial charge in [-0.25, -0.2) is 17.2 Å². The van der Waals surface area contributed by atoms with Gasteiger partial charge in [-0.1, -0.05) is 6.92 Å². The quantitative estimate of drug-likeness (QED) is 0.847. The maximum atomic E-state index is 13.9. The van der Waals surface area contributed by atoms with Crippen LogP contribution in [0.4, 0.5) is 14.5 Å². The summed E-state index contributed by atoms with van der Waals surface area (Å²) in [4.78, 5) is -0.919. The molecule has 1 fully saturated rings. The summed E-state index contributed by atoms with van der Waals surface area (Å²) in [7, 11) is -4.21. The minimum atomic E-state index is -4.21. The smallest absolute Gasteiger partial charge is 0.249 e. The second-order valence-corrected chi connectivity index (χ2v) is 8.06. The summed E-state index contributed by atoms with van der Waals surface area (Å²) in [6.07, 6.45) is 0. The molecule has 8 heteroatoms. The van der Waals surface area contributed by atoms with E-state index in [1.54, 1.807) is 18.7 Å². The van der Waals surface area contributed by atoms with Gasteiger partial charge >= 0.3 is 0 Å². The highest BCUT2D eigenvalue weighted by Gasteiger charge is 2.38. The van der Waals surface area contributed by atoms with Gasteiger partial charge in [0.2, 0.25) is 10.0 Å². The molecule has 2 atom stereocenters. The predicted molar refractivity (Wildman–Crippen MR) is 76.0 cm³/mol. The van der Waals surface area contributed by atoms with E-state index in [1.165, 1.54) is 0 Å². The molecule has 0 saturated carbocycles. The molecule has 0 radical (unpaired) electrons. The van der Waals surface area contributed by atoms with E-state index in [0.29, 0.717) is 5.75 Å². The van der Waals surface area contributed by atoms with Gasteiger partial charge in [0.25, 0.3) is 0 Å². The molecule has 4 nitrogen and oxygen atoms in total. The number of rotatable bonds is 2. The Morgan fingerprint density at radius 1 is 1.30 bits per heavy atom. The minimum absolute atomic E-state index is 0.0680. The lowest BCUT2D eigenvalue weighted by atomic mass is 10.2. The summed E-state index contributed by atoms with van der Waals surface area (Å²) in [5, 5.41) is 0.0680. The van der Waals surface area contributed by atoms with E-state index in [4.69, 9.17) is 5.73 Å². The van der Waals surface area contributed by atoms with E-state index in [2.05, 4.69) is 0 Å². The molecule has 0 amide bonds. The van der Waals surface area contributed by atoms with Crippen LogP contribution in [-0.2, 0) is 10.0 Å². The molecule has 112 valence electrons. The standard InChI is InChI=1S/C12H16F2N2O2S2/c1-7-8(2)19-4-3-16(7)20(17,18)12-10(13)5-9(15)6-11(12)14/h5-8H,3-4,15H2,1-2H3. The second kappa shape index (κ2) is 5.50. The van der Waals surface area contributed by atoms with E-state index in [1.807, 2.05) is 6.92 Å². The van der Waals surface area contributed by atoms with Crippen molar-refractivity contribution < 1.29 is 17.2 Å². The number of benzene rings is 1. The van der Waals surface area contributed by atoms with Crippen LogP contribution in [-0.4, -0.2) is 36.3 Å². The van der Waals surface area contributed by atoms with Crippen LogP contribution in [0, 0.1) is 11.6 Å². The van der Waals surface area contributed by atoms with Gasteiger partial charge in [-0.2, -0.15) is 16.1 Å². The first kappa shape index (κ1) is 15.5. The van der Waals surface area contributed by atoms with Crippen LogP contribution in [0.3, 0.4) is 0 Å². The largest absolute Gasteiger partial charge is 0.399 e. The van der Waals surface area contributed by atoms with Crippen LogP contribution in [0.1, 0.15) is 13.8 Å². The Morgan fingerprint density at radius 2 is 1.85 bits per heavy atom. The molecule has 1 saturated heterocycles. The van der Waals surface area contributed by atoms with E-state index in [9.17, 15) is 17.2 Å². The molecular weight excluding hydrogens is 306 g/mol. The first-order chi connectivity index (χ1) is 9.25. The summed E-state index contributed by atoms with van der Waals surface area (Å²) < 4.78 is 53.9. The average Bonchev–Trinajstić information content (AvgIpc) is 2.30. The Balaban J connectivity index is 2.50. The van der Waals surface area contributed by atoms with Gasteiger partial charge < -0.3 is 5.73 Å².